The molecular weight excluding hydrogens is 376 g/mol. The molecule has 3 aromatic rings. The highest BCUT2D eigenvalue weighted by atomic mass is 16.1. The van der Waals surface area contributed by atoms with Crippen molar-refractivity contribution in [3.63, 3.8) is 0 Å². The van der Waals surface area contributed by atoms with Gasteiger partial charge in [-0.3, -0.25) is 9.36 Å². The van der Waals surface area contributed by atoms with Gasteiger partial charge in [0.25, 0.3) is 5.56 Å². The first kappa shape index (κ1) is 18.9. The van der Waals surface area contributed by atoms with Crippen LogP contribution in [0.15, 0.2) is 41.5 Å². The fraction of sp³-hybridized carbons (Fsp3) is 0.435. The lowest BCUT2D eigenvalue weighted by atomic mass is 10.1. The number of nitrogens with zero attached hydrogens (tertiary/aromatic N) is 5. The number of aromatic nitrogens is 3. The van der Waals surface area contributed by atoms with Gasteiger partial charge in [0.1, 0.15) is 28.5 Å². The maximum absolute atomic E-state index is 13.5. The number of anilines is 1. The summed E-state index contributed by atoms with van der Waals surface area (Å²) < 4.78 is 3.72. The third-order valence-electron chi connectivity index (χ3n) is 6.20. The van der Waals surface area contributed by atoms with Crippen LogP contribution in [0.1, 0.15) is 36.8 Å². The molecule has 2 aromatic heterocycles. The van der Waals surface area contributed by atoms with Crippen molar-refractivity contribution in [1.82, 2.24) is 14.1 Å². The first-order valence-electron chi connectivity index (χ1n) is 10.7. The standard InChI is InChI=1S/C23H26N6O/c24-11-19-20-21(23(30)28(15-26-20)12-17-8-9-17)29(13-16-5-2-1-3-6-16)22(19)27-10-4-7-18(25)14-27/h1-3,5-6,15,17-18H,4,7-10,12-14,25H2. The number of fused-ring (bicyclic) bond motifs is 1. The van der Waals surface area contributed by atoms with Gasteiger partial charge in [0, 0.05) is 32.2 Å². The van der Waals surface area contributed by atoms with Crippen LogP contribution in [0.3, 0.4) is 0 Å². The van der Waals surface area contributed by atoms with Crippen LogP contribution in [0.5, 0.6) is 0 Å². The van der Waals surface area contributed by atoms with Gasteiger partial charge in [-0.05, 0) is 37.2 Å². The molecule has 3 heterocycles. The summed E-state index contributed by atoms with van der Waals surface area (Å²) in [5.74, 6) is 1.34. The molecule has 1 atom stereocenters. The number of benzene rings is 1. The van der Waals surface area contributed by atoms with Crippen molar-refractivity contribution < 1.29 is 0 Å². The van der Waals surface area contributed by atoms with Crippen molar-refractivity contribution in [2.75, 3.05) is 18.0 Å². The van der Waals surface area contributed by atoms with Gasteiger partial charge in [0.2, 0.25) is 0 Å². The summed E-state index contributed by atoms with van der Waals surface area (Å²) in [6, 6.07) is 12.5. The van der Waals surface area contributed by atoms with E-state index in [1.165, 1.54) is 0 Å². The number of nitrogens with two attached hydrogens (primary N) is 1. The molecule has 0 spiro atoms. The first-order chi connectivity index (χ1) is 14.7. The van der Waals surface area contributed by atoms with Gasteiger partial charge in [-0.25, -0.2) is 4.98 Å². The molecule has 1 aliphatic heterocycles. The highest BCUT2D eigenvalue weighted by molar-refractivity contribution is 5.89. The topological polar surface area (TPSA) is 92.9 Å². The Bertz CT molecular complexity index is 1170. The van der Waals surface area contributed by atoms with E-state index < -0.39 is 0 Å². The molecule has 5 rings (SSSR count). The molecular formula is C23H26N6O. The van der Waals surface area contributed by atoms with E-state index in [1.54, 1.807) is 10.9 Å². The molecule has 2 aliphatic rings. The lowest BCUT2D eigenvalue weighted by Crippen LogP contribution is -2.44. The van der Waals surface area contributed by atoms with Crippen LogP contribution in [0.2, 0.25) is 0 Å². The normalized spacial score (nSPS) is 19.2. The van der Waals surface area contributed by atoms with Crippen LogP contribution in [-0.4, -0.2) is 33.2 Å². The third kappa shape index (κ3) is 3.37. The number of rotatable bonds is 5. The van der Waals surface area contributed by atoms with Gasteiger partial charge in [-0.2, -0.15) is 5.26 Å². The molecule has 2 fully saturated rings. The van der Waals surface area contributed by atoms with Gasteiger partial charge in [0.15, 0.2) is 0 Å². The minimum Gasteiger partial charge on any atom is -0.355 e. The second kappa shape index (κ2) is 7.62. The molecule has 2 N–H and O–H groups in total. The highest BCUT2D eigenvalue weighted by Gasteiger charge is 2.29. The Morgan fingerprint density at radius 3 is 2.70 bits per heavy atom. The van der Waals surface area contributed by atoms with E-state index in [1.807, 2.05) is 34.9 Å². The molecule has 0 bridgehead atoms. The lowest BCUT2D eigenvalue weighted by molar-refractivity contribution is 0.498. The van der Waals surface area contributed by atoms with E-state index in [-0.39, 0.29) is 11.6 Å². The largest absolute Gasteiger partial charge is 0.355 e. The van der Waals surface area contributed by atoms with E-state index in [4.69, 9.17) is 5.73 Å². The second-order valence-corrected chi connectivity index (χ2v) is 8.57. The van der Waals surface area contributed by atoms with Crippen molar-refractivity contribution in [3.8, 4) is 6.07 Å². The molecule has 1 aromatic carbocycles. The predicted octanol–water partition coefficient (Wildman–Crippen LogP) is 2.46. The summed E-state index contributed by atoms with van der Waals surface area (Å²) in [6.07, 6.45) is 5.89. The number of hydrogen-bond donors (Lipinski definition) is 1. The molecule has 30 heavy (non-hydrogen) atoms. The minimum atomic E-state index is -0.0631. The van der Waals surface area contributed by atoms with Crippen molar-refractivity contribution in [1.29, 1.82) is 5.26 Å². The van der Waals surface area contributed by atoms with Crippen LogP contribution >= 0.6 is 0 Å². The Labute approximate surface area is 175 Å². The van der Waals surface area contributed by atoms with Crippen molar-refractivity contribution in [2.45, 2.75) is 44.8 Å². The van der Waals surface area contributed by atoms with E-state index in [0.29, 0.717) is 42.1 Å². The fourth-order valence-electron chi connectivity index (χ4n) is 4.51. The zero-order valence-electron chi connectivity index (χ0n) is 17.0. The molecule has 1 saturated heterocycles. The molecule has 7 heteroatoms. The van der Waals surface area contributed by atoms with Crippen molar-refractivity contribution in [2.24, 2.45) is 11.7 Å². The predicted molar refractivity (Wildman–Crippen MR) is 116 cm³/mol. The fourth-order valence-corrected chi connectivity index (χ4v) is 4.51. The van der Waals surface area contributed by atoms with Crippen LogP contribution in [0, 0.1) is 17.2 Å². The number of nitriles is 1. The van der Waals surface area contributed by atoms with E-state index in [2.05, 4.69) is 16.0 Å². The van der Waals surface area contributed by atoms with E-state index >= 15 is 0 Å². The third-order valence-corrected chi connectivity index (χ3v) is 6.20. The summed E-state index contributed by atoms with van der Waals surface area (Å²) in [5.41, 5.74) is 8.77. The zero-order valence-corrected chi connectivity index (χ0v) is 17.0. The maximum Gasteiger partial charge on any atom is 0.277 e. The SMILES string of the molecule is N#Cc1c(N2CCCC(N)C2)n(Cc2ccccc2)c2c(=O)n(CC3CC3)cnc12. The van der Waals surface area contributed by atoms with E-state index in [0.717, 1.165) is 43.6 Å². The van der Waals surface area contributed by atoms with Gasteiger partial charge in [-0.15, -0.1) is 0 Å². The molecule has 154 valence electrons. The molecule has 0 radical (unpaired) electrons. The minimum absolute atomic E-state index is 0.0629. The smallest absolute Gasteiger partial charge is 0.277 e. The molecule has 7 nitrogen and oxygen atoms in total. The average molecular weight is 403 g/mol. The van der Waals surface area contributed by atoms with Gasteiger partial charge >= 0.3 is 0 Å². The van der Waals surface area contributed by atoms with Crippen LogP contribution < -0.4 is 16.2 Å². The molecule has 1 unspecified atom stereocenters. The summed E-state index contributed by atoms with van der Waals surface area (Å²) in [5, 5.41) is 10.0. The molecule has 0 amide bonds. The van der Waals surface area contributed by atoms with Crippen LogP contribution in [0.4, 0.5) is 5.82 Å². The summed E-state index contributed by atoms with van der Waals surface area (Å²) in [4.78, 5) is 20.2. The molecule has 1 saturated carbocycles. The maximum atomic E-state index is 13.5. The van der Waals surface area contributed by atoms with Crippen LogP contribution in [-0.2, 0) is 13.1 Å². The number of piperidine rings is 1. The first-order valence-corrected chi connectivity index (χ1v) is 10.7. The Morgan fingerprint density at radius 1 is 1.20 bits per heavy atom. The number of hydrogen-bond acceptors (Lipinski definition) is 5. The summed E-state index contributed by atoms with van der Waals surface area (Å²) in [7, 11) is 0. The molecule has 1 aliphatic carbocycles. The van der Waals surface area contributed by atoms with Crippen LogP contribution in [0.25, 0.3) is 11.0 Å². The van der Waals surface area contributed by atoms with Crippen molar-refractivity contribution >= 4 is 16.9 Å². The van der Waals surface area contributed by atoms with Crippen molar-refractivity contribution in [3.05, 3.63) is 58.1 Å². The summed E-state index contributed by atoms with van der Waals surface area (Å²) >= 11 is 0. The van der Waals surface area contributed by atoms with Gasteiger partial charge < -0.3 is 15.2 Å². The quantitative estimate of drug-likeness (QED) is 0.708. The average Bonchev–Trinajstić information content (AvgIpc) is 3.51. The van der Waals surface area contributed by atoms with E-state index in [9.17, 15) is 10.1 Å². The highest BCUT2D eigenvalue weighted by Crippen LogP contribution is 2.33. The Balaban J connectivity index is 1.73. The monoisotopic (exact) mass is 402 g/mol. The summed E-state index contributed by atoms with van der Waals surface area (Å²) in [6.45, 7) is 2.72. The van der Waals surface area contributed by atoms with Gasteiger partial charge in [-0.1, -0.05) is 30.3 Å². The van der Waals surface area contributed by atoms with Gasteiger partial charge in [0.05, 0.1) is 6.33 Å². The Hall–Kier alpha value is -3.11. The zero-order chi connectivity index (χ0) is 20.7. The second-order valence-electron chi connectivity index (χ2n) is 8.57. The lowest BCUT2D eigenvalue weighted by Gasteiger charge is -2.33. The Morgan fingerprint density at radius 2 is 2.00 bits per heavy atom. The Kier molecular flexibility index (Phi) is 4.80.